The molecule has 11 heteroatoms. The summed E-state index contributed by atoms with van der Waals surface area (Å²) in [6, 6.07) is 21.9. The molecule has 2 aliphatic heterocycles. The maximum absolute atomic E-state index is 13.8. The molecule has 2 unspecified atom stereocenters. The summed E-state index contributed by atoms with van der Waals surface area (Å²) in [6.45, 7) is -0.263. The lowest BCUT2D eigenvalue weighted by Crippen LogP contribution is -2.33. The minimum absolute atomic E-state index is 0.0671. The molecule has 0 radical (unpaired) electrons. The number of hydrogen-bond acceptors (Lipinski definition) is 7. The van der Waals surface area contributed by atoms with E-state index in [-0.39, 0.29) is 29.0 Å². The van der Waals surface area contributed by atoms with Crippen LogP contribution in [0.5, 0.6) is 5.75 Å². The number of halogens is 1. The molecule has 2 aliphatic rings. The molecule has 1 saturated heterocycles. The van der Waals surface area contributed by atoms with Crippen LogP contribution in [0.1, 0.15) is 16.4 Å². The van der Waals surface area contributed by atoms with E-state index >= 15 is 0 Å². The van der Waals surface area contributed by atoms with E-state index in [1.54, 1.807) is 36.4 Å². The van der Waals surface area contributed by atoms with Crippen molar-refractivity contribution in [3.8, 4) is 5.75 Å². The van der Waals surface area contributed by atoms with E-state index in [1.807, 2.05) is 30.3 Å². The number of carbonyl (C=O) groups is 3. The number of thiazole rings is 1. The number of aromatic hydroxyl groups is 1. The van der Waals surface area contributed by atoms with Gasteiger partial charge in [-0.3, -0.25) is 23.7 Å². The Morgan fingerprint density at radius 2 is 1.62 bits per heavy atom. The van der Waals surface area contributed by atoms with E-state index in [2.05, 4.69) is 5.32 Å². The predicted molar refractivity (Wildman–Crippen MR) is 151 cm³/mol. The quantitative estimate of drug-likeness (QED) is 0.263. The highest BCUT2D eigenvalue weighted by Crippen LogP contribution is 2.53. The number of nitrogens with one attached hydrogen (secondary N) is 1. The molecule has 1 fully saturated rings. The van der Waals surface area contributed by atoms with Gasteiger partial charge < -0.3 is 10.4 Å². The van der Waals surface area contributed by atoms with Crippen LogP contribution in [0.3, 0.4) is 0 Å². The fraction of sp³-hybridized carbons (Fsp3) is 0.143. The van der Waals surface area contributed by atoms with Crippen molar-refractivity contribution in [3.05, 3.63) is 104 Å². The third-order valence-electron chi connectivity index (χ3n) is 6.75. The zero-order valence-electron chi connectivity index (χ0n) is 20.1. The van der Waals surface area contributed by atoms with Crippen molar-refractivity contribution in [1.82, 2.24) is 4.57 Å². The van der Waals surface area contributed by atoms with Crippen LogP contribution in [0.25, 0.3) is 0 Å². The summed E-state index contributed by atoms with van der Waals surface area (Å²) in [6.07, 6.45) is 0. The van der Waals surface area contributed by atoms with Crippen molar-refractivity contribution in [3.63, 3.8) is 0 Å². The van der Waals surface area contributed by atoms with Crippen molar-refractivity contribution in [2.75, 3.05) is 10.2 Å². The first-order valence-corrected chi connectivity index (χ1v) is 14.1. The van der Waals surface area contributed by atoms with E-state index < -0.39 is 23.0 Å². The maximum atomic E-state index is 13.8. The lowest BCUT2D eigenvalue weighted by Gasteiger charge is -2.30. The van der Waals surface area contributed by atoms with Gasteiger partial charge in [-0.25, -0.2) is 4.90 Å². The lowest BCUT2D eigenvalue weighted by molar-refractivity contribution is -0.122. The van der Waals surface area contributed by atoms with Crippen molar-refractivity contribution in [2.45, 2.75) is 22.7 Å². The number of phenolic OH excluding ortho intramolecular Hbond substituents is 1. The number of aromatic nitrogens is 1. The highest BCUT2D eigenvalue weighted by molar-refractivity contribution is 8.00. The van der Waals surface area contributed by atoms with Gasteiger partial charge in [0, 0.05) is 21.5 Å². The Labute approximate surface area is 235 Å². The fourth-order valence-electron chi connectivity index (χ4n) is 5.01. The molecule has 0 spiro atoms. The molecular formula is C28H20ClN3O5S2. The Bertz CT molecular complexity index is 1650. The fourth-order valence-corrected chi connectivity index (χ4v) is 7.91. The van der Waals surface area contributed by atoms with Gasteiger partial charge in [0.05, 0.1) is 16.6 Å². The monoisotopic (exact) mass is 577 g/mol. The Balaban J connectivity index is 1.39. The van der Waals surface area contributed by atoms with Crippen molar-refractivity contribution in [2.24, 2.45) is 5.92 Å². The van der Waals surface area contributed by atoms with Crippen LogP contribution in [-0.2, 0) is 20.9 Å². The van der Waals surface area contributed by atoms with Crippen LogP contribution in [0.4, 0.5) is 11.4 Å². The number of thioether (sulfide) groups is 1. The van der Waals surface area contributed by atoms with Gasteiger partial charge in [-0.1, -0.05) is 65.0 Å². The minimum atomic E-state index is -0.772. The summed E-state index contributed by atoms with van der Waals surface area (Å²) in [5.74, 6) is -2.32. The number of rotatable bonds is 5. The molecule has 4 aromatic rings. The van der Waals surface area contributed by atoms with Gasteiger partial charge in [0.1, 0.15) is 17.5 Å². The van der Waals surface area contributed by atoms with E-state index in [4.69, 9.17) is 11.6 Å². The Morgan fingerprint density at radius 1 is 0.923 bits per heavy atom. The average molecular weight is 578 g/mol. The Kier molecular flexibility index (Phi) is 6.54. The van der Waals surface area contributed by atoms with Gasteiger partial charge in [0.15, 0.2) is 0 Å². The van der Waals surface area contributed by atoms with Crippen molar-refractivity contribution < 1.29 is 19.5 Å². The van der Waals surface area contributed by atoms with Crippen molar-refractivity contribution >= 4 is 63.8 Å². The van der Waals surface area contributed by atoms with Crippen LogP contribution in [0.15, 0.2) is 88.7 Å². The molecule has 1 aromatic heterocycles. The first-order valence-electron chi connectivity index (χ1n) is 12.0. The number of amides is 3. The van der Waals surface area contributed by atoms with Crippen LogP contribution >= 0.6 is 34.7 Å². The number of phenols is 1. The second-order valence-electron chi connectivity index (χ2n) is 9.16. The normalized spacial score (nSPS) is 20.0. The van der Waals surface area contributed by atoms with E-state index in [9.17, 15) is 24.3 Å². The molecule has 0 bridgehead atoms. The number of anilines is 2. The van der Waals surface area contributed by atoms with E-state index in [0.29, 0.717) is 26.3 Å². The average Bonchev–Trinajstić information content (AvgIpc) is 3.37. The molecule has 3 atom stereocenters. The number of imide groups is 1. The summed E-state index contributed by atoms with van der Waals surface area (Å²) in [5, 5.41) is 12.4. The molecule has 8 nitrogen and oxygen atoms in total. The summed E-state index contributed by atoms with van der Waals surface area (Å²) in [4.78, 5) is 55.1. The van der Waals surface area contributed by atoms with Crippen LogP contribution in [-0.4, -0.2) is 32.6 Å². The van der Waals surface area contributed by atoms with Crippen molar-refractivity contribution in [1.29, 1.82) is 0 Å². The zero-order valence-corrected chi connectivity index (χ0v) is 22.5. The highest BCUT2D eigenvalue weighted by Gasteiger charge is 2.56. The molecule has 196 valence electrons. The molecule has 3 amide bonds. The molecule has 3 aromatic carbocycles. The SMILES string of the molecule is O=C(Cn1c2c(sc1=O)[C@H](c1ccccc1)C1C(=O)N(c3ccc(Cl)cc3)C(=O)C1S2)Nc1ccc(O)cc1. The van der Waals surface area contributed by atoms with Gasteiger partial charge in [-0.2, -0.15) is 0 Å². The number of carbonyl (C=O) groups excluding carboxylic acids is 3. The summed E-state index contributed by atoms with van der Waals surface area (Å²) < 4.78 is 1.37. The van der Waals surface area contributed by atoms with Gasteiger partial charge in [-0.05, 0) is 54.1 Å². The summed E-state index contributed by atoms with van der Waals surface area (Å²) in [5.41, 5.74) is 1.72. The van der Waals surface area contributed by atoms with E-state index in [0.717, 1.165) is 28.7 Å². The Hall–Kier alpha value is -3.86. The van der Waals surface area contributed by atoms with Gasteiger partial charge >= 0.3 is 4.87 Å². The minimum Gasteiger partial charge on any atom is -0.508 e. The third kappa shape index (κ3) is 4.54. The first-order chi connectivity index (χ1) is 18.8. The first kappa shape index (κ1) is 25.4. The molecule has 3 heterocycles. The van der Waals surface area contributed by atoms with E-state index in [1.165, 1.54) is 21.6 Å². The Morgan fingerprint density at radius 3 is 2.31 bits per heavy atom. The predicted octanol–water partition coefficient (Wildman–Crippen LogP) is 4.70. The molecule has 39 heavy (non-hydrogen) atoms. The smallest absolute Gasteiger partial charge is 0.308 e. The lowest BCUT2D eigenvalue weighted by atomic mass is 9.83. The number of hydrogen-bond donors (Lipinski definition) is 2. The number of benzene rings is 3. The van der Waals surface area contributed by atoms with Gasteiger partial charge in [0.25, 0.3) is 0 Å². The largest absolute Gasteiger partial charge is 0.508 e. The highest BCUT2D eigenvalue weighted by atomic mass is 35.5. The summed E-state index contributed by atoms with van der Waals surface area (Å²) in [7, 11) is 0. The van der Waals surface area contributed by atoms with Gasteiger partial charge in [0.2, 0.25) is 17.7 Å². The molecule has 0 saturated carbocycles. The number of nitrogens with zero attached hydrogens (tertiary/aromatic N) is 2. The molecule has 2 N–H and O–H groups in total. The summed E-state index contributed by atoms with van der Waals surface area (Å²) >= 11 is 8.18. The maximum Gasteiger partial charge on any atom is 0.308 e. The standard InChI is InChI=1S/C28H20ClN3O5S2/c29-16-6-10-18(11-7-16)32-25(35)22-21(15-4-2-1-3-5-15)24-27(38-23(22)26(32)36)31(28(37)39-24)14-20(34)30-17-8-12-19(33)13-9-17/h1-13,21-23,33H,14H2,(H,30,34)/t21-,22?,23?/m1/s1. The molecular weight excluding hydrogens is 558 g/mol. The van der Waals surface area contributed by atoms with Crippen LogP contribution in [0.2, 0.25) is 5.02 Å². The van der Waals surface area contributed by atoms with Crippen LogP contribution < -0.4 is 15.1 Å². The second kappa shape index (κ2) is 10.0. The van der Waals surface area contributed by atoms with Crippen LogP contribution in [0, 0.1) is 5.92 Å². The number of fused-ring (bicyclic) bond motifs is 2. The second-order valence-corrected chi connectivity index (χ2v) is 11.7. The topological polar surface area (TPSA) is 109 Å². The zero-order chi connectivity index (χ0) is 27.3. The molecule has 6 rings (SSSR count). The third-order valence-corrected chi connectivity index (χ3v) is 9.60. The molecule has 0 aliphatic carbocycles. The van der Waals surface area contributed by atoms with Gasteiger partial charge in [-0.15, -0.1) is 0 Å².